The molecule has 1 rings (SSSR count). The standard InChI is InChI=1S/C8H9N3O2S/c9-4-6(12)11-7(13)5-2-1-3-10-8(5)14/h1-3H,4,9H2,(H,10,14)(H,11,12,13). The van der Waals surface area contributed by atoms with Crippen molar-refractivity contribution in [3.05, 3.63) is 28.5 Å². The summed E-state index contributed by atoms with van der Waals surface area (Å²) in [5.41, 5.74) is 5.29. The zero-order chi connectivity index (χ0) is 10.6. The van der Waals surface area contributed by atoms with Crippen molar-refractivity contribution in [1.82, 2.24) is 10.3 Å². The number of aromatic nitrogens is 1. The number of hydrogen-bond acceptors (Lipinski definition) is 4. The number of carbonyl (C=O) groups excluding carboxylic acids is 2. The Kier molecular flexibility index (Phi) is 3.49. The lowest BCUT2D eigenvalue weighted by Crippen LogP contribution is -2.35. The number of imide groups is 1. The number of rotatable bonds is 2. The van der Waals surface area contributed by atoms with Crippen molar-refractivity contribution in [2.24, 2.45) is 5.73 Å². The SMILES string of the molecule is NCC(=O)NC(=O)c1ccc[nH]c1=S. The van der Waals surface area contributed by atoms with Gasteiger partial charge in [0.05, 0.1) is 12.1 Å². The Labute approximate surface area is 85.3 Å². The molecule has 74 valence electrons. The summed E-state index contributed by atoms with van der Waals surface area (Å²) in [4.78, 5) is 24.8. The van der Waals surface area contributed by atoms with Crippen LogP contribution >= 0.6 is 12.2 Å². The highest BCUT2D eigenvalue weighted by atomic mass is 32.1. The monoisotopic (exact) mass is 211 g/mol. The van der Waals surface area contributed by atoms with Crippen molar-refractivity contribution in [3.63, 3.8) is 0 Å². The maximum atomic E-state index is 11.4. The highest BCUT2D eigenvalue weighted by Gasteiger charge is 2.09. The van der Waals surface area contributed by atoms with Crippen LogP contribution in [-0.4, -0.2) is 23.3 Å². The molecule has 4 N–H and O–H groups in total. The Bertz CT molecular complexity index is 413. The fourth-order valence-corrected chi connectivity index (χ4v) is 1.07. The van der Waals surface area contributed by atoms with Crippen LogP contribution in [-0.2, 0) is 4.79 Å². The van der Waals surface area contributed by atoms with Crippen LogP contribution in [0.25, 0.3) is 0 Å². The smallest absolute Gasteiger partial charge is 0.260 e. The first-order valence-corrected chi connectivity index (χ1v) is 4.28. The summed E-state index contributed by atoms with van der Waals surface area (Å²) >= 11 is 4.86. The fourth-order valence-electron chi connectivity index (χ4n) is 0.845. The van der Waals surface area contributed by atoms with E-state index < -0.39 is 11.8 Å². The molecule has 0 fully saturated rings. The minimum atomic E-state index is -0.540. The number of H-pyrrole nitrogens is 1. The Morgan fingerprint density at radius 1 is 1.57 bits per heavy atom. The van der Waals surface area contributed by atoms with Gasteiger partial charge in [0.25, 0.3) is 5.91 Å². The van der Waals surface area contributed by atoms with E-state index >= 15 is 0 Å². The number of carbonyl (C=O) groups is 2. The Morgan fingerprint density at radius 2 is 2.29 bits per heavy atom. The molecule has 5 nitrogen and oxygen atoms in total. The first-order chi connectivity index (χ1) is 6.65. The molecule has 0 aliphatic heterocycles. The van der Waals surface area contributed by atoms with E-state index in [-0.39, 0.29) is 16.7 Å². The van der Waals surface area contributed by atoms with Crippen molar-refractivity contribution >= 4 is 24.0 Å². The molecule has 0 atom stereocenters. The first-order valence-electron chi connectivity index (χ1n) is 3.87. The second kappa shape index (κ2) is 4.64. The van der Waals surface area contributed by atoms with Crippen LogP contribution in [0, 0.1) is 4.64 Å². The van der Waals surface area contributed by atoms with Gasteiger partial charge in [-0.25, -0.2) is 0 Å². The van der Waals surface area contributed by atoms with Gasteiger partial charge >= 0.3 is 0 Å². The van der Waals surface area contributed by atoms with Crippen molar-refractivity contribution in [3.8, 4) is 0 Å². The molecule has 1 aromatic rings. The van der Waals surface area contributed by atoms with Gasteiger partial charge in [0.2, 0.25) is 5.91 Å². The molecular formula is C8H9N3O2S. The van der Waals surface area contributed by atoms with Crippen molar-refractivity contribution in [2.45, 2.75) is 0 Å². The lowest BCUT2D eigenvalue weighted by molar-refractivity contribution is -0.118. The Morgan fingerprint density at radius 3 is 2.86 bits per heavy atom. The molecule has 0 aromatic carbocycles. The van der Waals surface area contributed by atoms with Crippen molar-refractivity contribution in [2.75, 3.05) is 6.54 Å². The zero-order valence-electron chi connectivity index (χ0n) is 7.24. The van der Waals surface area contributed by atoms with E-state index in [1.807, 2.05) is 0 Å². The number of nitrogens with one attached hydrogen (secondary N) is 2. The summed E-state index contributed by atoms with van der Waals surface area (Å²) in [6.45, 7) is -0.227. The lowest BCUT2D eigenvalue weighted by atomic mass is 10.3. The summed E-state index contributed by atoms with van der Waals surface area (Å²) in [6.07, 6.45) is 1.60. The molecular weight excluding hydrogens is 202 g/mol. The normalized spacial score (nSPS) is 9.50. The number of amides is 2. The fraction of sp³-hybridized carbons (Fsp3) is 0.125. The molecule has 1 heterocycles. The van der Waals surface area contributed by atoms with Gasteiger partial charge in [0.1, 0.15) is 4.64 Å². The number of hydrogen-bond donors (Lipinski definition) is 3. The average molecular weight is 211 g/mol. The van der Waals surface area contributed by atoms with Crippen molar-refractivity contribution < 1.29 is 9.59 Å². The van der Waals surface area contributed by atoms with Gasteiger partial charge in [0, 0.05) is 6.20 Å². The van der Waals surface area contributed by atoms with E-state index in [1.54, 1.807) is 12.3 Å². The van der Waals surface area contributed by atoms with Crippen LogP contribution in [0.4, 0.5) is 0 Å². The number of nitrogens with two attached hydrogens (primary N) is 1. The number of aromatic amines is 1. The molecule has 6 heteroatoms. The predicted octanol–water partition coefficient (Wildman–Crippen LogP) is -0.0407. The average Bonchev–Trinajstić information content (AvgIpc) is 2.18. The summed E-state index contributed by atoms with van der Waals surface area (Å²) in [6, 6.07) is 3.15. The van der Waals surface area contributed by atoms with E-state index in [1.165, 1.54) is 6.07 Å². The Hall–Kier alpha value is -1.53. The van der Waals surface area contributed by atoms with Crippen LogP contribution in [0.2, 0.25) is 0 Å². The second-order valence-electron chi connectivity index (χ2n) is 2.49. The molecule has 0 saturated carbocycles. The van der Waals surface area contributed by atoms with Crippen LogP contribution in [0.5, 0.6) is 0 Å². The summed E-state index contributed by atoms with van der Waals surface area (Å²) in [7, 11) is 0. The zero-order valence-corrected chi connectivity index (χ0v) is 8.06. The van der Waals surface area contributed by atoms with Gasteiger partial charge in [0.15, 0.2) is 0 Å². The van der Waals surface area contributed by atoms with Gasteiger partial charge in [-0.2, -0.15) is 0 Å². The van der Waals surface area contributed by atoms with Crippen LogP contribution in [0.15, 0.2) is 18.3 Å². The van der Waals surface area contributed by atoms with Crippen LogP contribution in [0.3, 0.4) is 0 Å². The van der Waals surface area contributed by atoms with Gasteiger partial charge in [-0.1, -0.05) is 12.2 Å². The highest BCUT2D eigenvalue weighted by molar-refractivity contribution is 7.71. The molecule has 0 spiro atoms. The highest BCUT2D eigenvalue weighted by Crippen LogP contribution is 1.98. The van der Waals surface area contributed by atoms with Crippen molar-refractivity contribution in [1.29, 1.82) is 0 Å². The molecule has 0 radical (unpaired) electrons. The van der Waals surface area contributed by atoms with E-state index in [2.05, 4.69) is 10.3 Å². The number of pyridine rings is 1. The van der Waals surface area contributed by atoms with E-state index in [9.17, 15) is 9.59 Å². The van der Waals surface area contributed by atoms with E-state index in [4.69, 9.17) is 18.0 Å². The summed E-state index contributed by atoms with van der Waals surface area (Å²) in [5, 5.41) is 2.10. The largest absolute Gasteiger partial charge is 0.352 e. The van der Waals surface area contributed by atoms with Gasteiger partial charge in [-0.3, -0.25) is 14.9 Å². The minimum Gasteiger partial charge on any atom is -0.352 e. The summed E-state index contributed by atoms with van der Waals surface area (Å²) < 4.78 is 0.287. The molecule has 1 aromatic heterocycles. The molecule has 0 aliphatic rings. The molecule has 0 saturated heterocycles. The summed E-state index contributed by atoms with van der Waals surface area (Å²) in [5.74, 6) is -1.07. The molecule has 0 unspecified atom stereocenters. The molecule has 0 bridgehead atoms. The molecule has 14 heavy (non-hydrogen) atoms. The van der Waals surface area contributed by atoms with Gasteiger partial charge < -0.3 is 10.7 Å². The maximum Gasteiger partial charge on any atom is 0.260 e. The maximum absolute atomic E-state index is 11.4. The molecule has 2 amide bonds. The topological polar surface area (TPSA) is 88.0 Å². The van der Waals surface area contributed by atoms with E-state index in [0.29, 0.717) is 0 Å². The van der Waals surface area contributed by atoms with Crippen LogP contribution in [0.1, 0.15) is 10.4 Å². The second-order valence-corrected chi connectivity index (χ2v) is 2.90. The lowest BCUT2D eigenvalue weighted by Gasteiger charge is -2.01. The predicted molar refractivity (Wildman–Crippen MR) is 53.2 cm³/mol. The third kappa shape index (κ3) is 2.48. The third-order valence-corrected chi connectivity index (χ3v) is 1.84. The first kappa shape index (κ1) is 10.6. The minimum absolute atomic E-state index is 0.227. The molecule has 0 aliphatic carbocycles. The van der Waals surface area contributed by atoms with E-state index in [0.717, 1.165) is 0 Å². The quantitative estimate of drug-likeness (QED) is 0.599. The van der Waals surface area contributed by atoms with Gasteiger partial charge in [-0.05, 0) is 12.1 Å². The Balaban J connectivity index is 2.86. The third-order valence-electron chi connectivity index (χ3n) is 1.50. The van der Waals surface area contributed by atoms with Crippen LogP contribution < -0.4 is 11.1 Å². The van der Waals surface area contributed by atoms with Gasteiger partial charge in [-0.15, -0.1) is 0 Å².